The van der Waals surface area contributed by atoms with Crippen molar-refractivity contribution in [2.75, 3.05) is 7.05 Å². The lowest BCUT2D eigenvalue weighted by Crippen LogP contribution is -2.33. The van der Waals surface area contributed by atoms with Crippen LogP contribution in [0.4, 0.5) is 0 Å². The number of hydrogen-bond donors (Lipinski definition) is 0. The largest absolute Gasteiger partial charge is 0.452 e. The van der Waals surface area contributed by atoms with Crippen LogP contribution in [0.3, 0.4) is 0 Å². The van der Waals surface area contributed by atoms with Gasteiger partial charge < -0.3 is 9.32 Å². The van der Waals surface area contributed by atoms with E-state index in [-0.39, 0.29) is 12.5 Å². The predicted molar refractivity (Wildman–Crippen MR) is 71.4 cm³/mol. The van der Waals surface area contributed by atoms with E-state index in [2.05, 4.69) is 20.9 Å². The Morgan fingerprint density at radius 1 is 1.53 bits per heavy atom. The summed E-state index contributed by atoms with van der Waals surface area (Å²) in [6.45, 7) is 0.310. The van der Waals surface area contributed by atoms with Crippen molar-refractivity contribution in [1.82, 2.24) is 14.5 Å². The fraction of sp³-hybridized carbons (Fsp3) is 0.250. The van der Waals surface area contributed by atoms with Crippen molar-refractivity contribution in [3.63, 3.8) is 0 Å². The minimum atomic E-state index is -0.440. The molecule has 2 aromatic heterocycles. The molecule has 2 heterocycles. The van der Waals surface area contributed by atoms with E-state index in [9.17, 15) is 9.59 Å². The molecule has 0 unspecified atom stereocenters. The molecular formula is C12H12BrN3O3. The predicted octanol–water partition coefficient (Wildman–Crippen LogP) is 1.26. The fourth-order valence-corrected chi connectivity index (χ4v) is 1.87. The monoisotopic (exact) mass is 325 g/mol. The first kappa shape index (κ1) is 13.5. The van der Waals surface area contributed by atoms with Gasteiger partial charge in [0, 0.05) is 19.4 Å². The molecule has 2 rings (SSSR count). The second-order valence-corrected chi connectivity index (χ2v) is 4.77. The Balaban J connectivity index is 2.00. The third-order valence-corrected chi connectivity index (χ3v) is 2.96. The molecule has 0 saturated carbocycles. The van der Waals surface area contributed by atoms with E-state index < -0.39 is 5.69 Å². The molecule has 0 bridgehead atoms. The van der Waals surface area contributed by atoms with Crippen LogP contribution in [0.25, 0.3) is 0 Å². The third-order valence-electron chi connectivity index (χ3n) is 2.54. The number of furan rings is 1. The summed E-state index contributed by atoms with van der Waals surface area (Å²) >= 11 is 3.20. The summed E-state index contributed by atoms with van der Waals surface area (Å²) in [5, 5.41) is 0. The molecule has 0 saturated heterocycles. The average molecular weight is 326 g/mol. The lowest BCUT2D eigenvalue weighted by molar-refractivity contribution is -0.131. The van der Waals surface area contributed by atoms with Gasteiger partial charge in [-0.3, -0.25) is 9.36 Å². The molecule has 0 aliphatic heterocycles. The van der Waals surface area contributed by atoms with E-state index in [1.807, 2.05) is 0 Å². The highest BCUT2D eigenvalue weighted by molar-refractivity contribution is 9.10. The smallest absolute Gasteiger partial charge is 0.347 e. The van der Waals surface area contributed by atoms with Crippen LogP contribution in [-0.4, -0.2) is 27.4 Å². The lowest BCUT2D eigenvalue weighted by atomic mass is 10.4. The molecule has 0 spiro atoms. The number of carbonyl (C=O) groups is 1. The summed E-state index contributed by atoms with van der Waals surface area (Å²) < 4.78 is 7.20. The Labute approximate surface area is 117 Å². The van der Waals surface area contributed by atoms with Crippen LogP contribution in [0, 0.1) is 0 Å². The molecule has 0 radical (unpaired) electrons. The number of rotatable bonds is 4. The topological polar surface area (TPSA) is 68.3 Å². The lowest BCUT2D eigenvalue weighted by Gasteiger charge is -2.16. The number of amides is 1. The Hall–Kier alpha value is -1.89. The van der Waals surface area contributed by atoms with Crippen molar-refractivity contribution in [3.05, 3.63) is 51.5 Å². The Morgan fingerprint density at radius 3 is 2.95 bits per heavy atom. The molecule has 19 heavy (non-hydrogen) atoms. The molecule has 0 atom stereocenters. The molecule has 2 aromatic rings. The standard InChI is InChI=1S/C12H12BrN3O3/c1-15(7-9-3-4-10(13)19-9)11(17)8-16-6-2-5-14-12(16)18/h2-6H,7-8H2,1H3. The van der Waals surface area contributed by atoms with E-state index in [0.717, 1.165) is 0 Å². The second-order valence-electron chi connectivity index (χ2n) is 3.99. The zero-order valence-electron chi connectivity index (χ0n) is 10.2. The summed E-state index contributed by atoms with van der Waals surface area (Å²) in [7, 11) is 1.65. The first-order valence-electron chi connectivity index (χ1n) is 5.56. The summed E-state index contributed by atoms with van der Waals surface area (Å²) in [4.78, 5) is 28.4. The van der Waals surface area contributed by atoms with Gasteiger partial charge in [0.05, 0.1) is 6.54 Å². The minimum absolute atomic E-state index is 0.0367. The van der Waals surface area contributed by atoms with E-state index in [1.165, 1.54) is 21.9 Å². The van der Waals surface area contributed by atoms with Gasteiger partial charge in [0.1, 0.15) is 12.3 Å². The molecule has 100 valence electrons. The van der Waals surface area contributed by atoms with Gasteiger partial charge in [0.15, 0.2) is 4.67 Å². The number of nitrogens with zero attached hydrogens (tertiary/aromatic N) is 3. The summed E-state index contributed by atoms with van der Waals surface area (Å²) in [5.41, 5.74) is -0.440. The molecular weight excluding hydrogens is 314 g/mol. The van der Waals surface area contributed by atoms with Crippen LogP contribution >= 0.6 is 15.9 Å². The zero-order valence-corrected chi connectivity index (χ0v) is 11.8. The fourth-order valence-electron chi connectivity index (χ4n) is 1.53. The SMILES string of the molecule is CN(Cc1ccc(Br)o1)C(=O)Cn1cccnc1=O. The van der Waals surface area contributed by atoms with Crippen LogP contribution in [-0.2, 0) is 17.9 Å². The van der Waals surface area contributed by atoms with Crippen LogP contribution in [0.15, 0.2) is 44.5 Å². The van der Waals surface area contributed by atoms with Gasteiger partial charge in [-0.1, -0.05) is 0 Å². The Kier molecular flexibility index (Phi) is 4.16. The first-order valence-corrected chi connectivity index (χ1v) is 6.35. The number of aromatic nitrogens is 2. The normalized spacial score (nSPS) is 10.4. The number of halogens is 1. The highest BCUT2D eigenvalue weighted by atomic mass is 79.9. The van der Waals surface area contributed by atoms with Gasteiger partial charge in [0.2, 0.25) is 5.91 Å². The zero-order chi connectivity index (χ0) is 13.8. The third kappa shape index (κ3) is 3.54. The van der Waals surface area contributed by atoms with Gasteiger partial charge in [-0.05, 0) is 34.1 Å². The van der Waals surface area contributed by atoms with Crippen LogP contribution in [0.1, 0.15) is 5.76 Å². The van der Waals surface area contributed by atoms with E-state index in [0.29, 0.717) is 17.0 Å². The van der Waals surface area contributed by atoms with E-state index in [4.69, 9.17) is 4.42 Å². The van der Waals surface area contributed by atoms with Crippen molar-refractivity contribution in [3.8, 4) is 0 Å². The summed E-state index contributed by atoms with van der Waals surface area (Å²) in [6.07, 6.45) is 2.93. The molecule has 0 fully saturated rings. The molecule has 7 heteroatoms. The molecule has 0 aromatic carbocycles. The van der Waals surface area contributed by atoms with Crippen molar-refractivity contribution in [1.29, 1.82) is 0 Å². The molecule has 0 aliphatic carbocycles. The highest BCUT2D eigenvalue weighted by Crippen LogP contribution is 2.15. The van der Waals surface area contributed by atoms with Gasteiger partial charge >= 0.3 is 5.69 Å². The maximum absolute atomic E-state index is 12.0. The molecule has 6 nitrogen and oxygen atoms in total. The molecule has 0 N–H and O–H groups in total. The number of likely N-dealkylation sites (N-methyl/N-ethyl adjacent to an activating group) is 1. The van der Waals surface area contributed by atoms with Crippen LogP contribution in [0.2, 0.25) is 0 Å². The minimum Gasteiger partial charge on any atom is -0.452 e. The van der Waals surface area contributed by atoms with Gasteiger partial charge in [-0.15, -0.1) is 0 Å². The van der Waals surface area contributed by atoms with E-state index in [1.54, 1.807) is 25.2 Å². The van der Waals surface area contributed by atoms with Crippen molar-refractivity contribution < 1.29 is 9.21 Å². The van der Waals surface area contributed by atoms with Crippen molar-refractivity contribution >= 4 is 21.8 Å². The maximum atomic E-state index is 12.0. The highest BCUT2D eigenvalue weighted by Gasteiger charge is 2.12. The van der Waals surface area contributed by atoms with Crippen molar-refractivity contribution in [2.24, 2.45) is 0 Å². The average Bonchev–Trinajstić information content (AvgIpc) is 2.77. The second kappa shape index (κ2) is 5.83. The molecule has 1 amide bonds. The van der Waals surface area contributed by atoms with Crippen LogP contribution < -0.4 is 5.69 Å². The van der Waals surface area contributed by atoms with Gasteiger partial charge in [0.25, 0.3) is 0 Å². The van der Waals surface area contributed by atoms with Crippen LogP contribution in [0.5, 0.6) is 0 Å². The van der Waals surface area contributed by atoms with E-state index >= 15 is 0 Å². The quantitative estimate of drug-likeness (QED) is 0.848. The summed E-state index contributed by atoms with van der Waals surface area (Å²) in [5.74, 6) is 0.476. The maximum Gasteiger partial charge on any atom is 0.347 e. The Bertz CT molecular complexity index is 635. The number of carbonyl (C=O) groups excluding carboxylic acids is 1. The Morgan fingerprint density at radius 2 is 2.32 bits per heavy atom. The van der Waals surface area contributed by atoms with Crippen molar-refractivity contribution in [2.45, 2.75) is 13.1 Å². The van der Waals surface area contributed by atoms with Gasteiger partial charge in [-0.25, -0.2) is 9.78 Å². The molecule has 0 aliphatic rings. The van der Waals surface area contributed by atoms with Gasteiger partial charge in [-0.2, -0.15) is 0 Å². The number of hydrogen-bond acceptors (Lipinski definition) is 4. The first-order chi connectivity index (χ1) is 9.06. The summed E-state index contributed by atoms with van der Waals surface area (Å²) in [6, 6.07) is 5.15.